The van der Waals surface area contributed by atoms with Crippen LogP contribution in [0.1, 0.15) is 42.7 Å². The highest BCUT2D eigenvalue weighted by molar-refractivity contribution is 5.69. The fraction of sp³-hybridized carbons (Fsp3) is 0.312. The summed E-state index contributed by atoms with van der Waals surface area (Å²) in [4.78, 5) is 17.2. The van der Waals surface area contributed by atoms with E-state index in [2.05, 4.69) is 77.4 Å². The van der Waals surface area contributed by atoms with Gasteiger partial charge in [-0.05, 0) is 30.5 Å². The average Bonchev–Trinajstić information content (AvgIpc) is 3.43. The molecule has 0 amide bonds. The van der Waals surface area contributed by atoms with Crippen LogP contribution in [0.5, 0.6) is 0 Å². The molecule has 0 spiro atoms. The molecule has 6 nitrogen and oxygen atoms in total. The normalized spacial score (nSPS) is 15.7. The molecule has 38 heavy (non-hydrogen) atoms. The number of carbonyl (C=O) groups is 1. The number of hydrogen-bond acceptors (Lipinski definition) is 5. The van der Waals surface area contributed by atoms with Crippen LogP contribution in [0, 0.1) is 5.92 Å². The van der Waals surface area contributed by atoms with Crippen molar-refractivity contribution in [3.8, 4) is 0 Å². The molecular formula is C32H34N2O4. The SMILES string of the molecule is CC1(C)OCC(COC(=O)CCc2cn(C(c3ccccc3)(c3ccccc3)c3ccccc3)cn2)CO1. The Morgan fingerprint density at radius 1 is 0.895 bits per heavy atom. The second-order valence-electron chi connectivity index (χ2n) is 10.2. The minimum atomic E-state index is -0.621. The van der Waals surface area contributed by atoms with E-state index >= 15 is 0 Å². The quantitative estimate of drug-likeness (QED) is 0.217. The van der Waals surface area contributed by atoms with Gasteiger partial charge in [-0.15, -0.1) is 0 Å². The van der Waals surface area contributed by atoms with E-state index in [0.29, 0.717) is 26.2 Å². The van der Waals surface area contributed by atoms with Crippen molar-refractivity contribution >= 4 is 5.97 Å². The molecule has 0 N–H and O–H groups in total. The number of hydrogen-bond donors (Lipinski definition) is 0. The first-order valence-corrected chi connectivity index (χ1v) is 13.1. The fourth-order valence-electron chi connectivity index (χ4n) is 5.00. The molecule has 4 aromatic rings. The van der Waals surface area contributed by atoms with Crippen molar-refractivity contribution < 1.29 is 19.0 Å². The van der Waals surface area contributed by atoms with E-state index in [1.54, 1.807) is 0 Å². The number of aryl methyl sites for hydroxylation is 1. The number of esters is 1. The lowest BCUT2D eigenvalue weighted by molar-refractivity contribution is -0.265. The molecule has 1 saturated heterocycles. The monoisotopic (exact) mass is 510 g/mol. The number of imidazole rings is 1. The number of carbonyl (C=O) groups excluding carboxylic acids is 1. The Balaban J connectivity index is 1.37. The van der Waals surface area contributed by atoms with Gasteiger partial charge in [-0.3, -0.25) is 4.79 Å². The van der Waals surface area contributed by atoms with Crippen molar-refractivity contribution in [2.45, 2.75) is 38.0 Å². The summed E-state index contributed by atoms with van der Waals surface area (Å²) < 4.78 is 19.0. The summed E-state index contributed by atoms with van der Waals surface area (Å²) >= 11 is 0. The van der Waals surface area contributed by atoms with Gasteiger partial charge in [-0.1, -0.05) is 91.0 Å². The topological polar surface area (TPSA) is 62.6 Å². The first-order chi connectivity index (χ1) is 18.5. The molecule has 0 unspecified atom stereocenters. The predicted octanol–water partition coefficient (Wildman–Crippen LogP) is 5.60. The maximum absolute atomic E-state index is 12.5. The lowest BCUT2D eigenvalue weighted by Crippen LogP contribution is -2.41. The van der Waals surface area contributed by atoms with Gasteiger partial charge in [0, 0.05) is 18.5 Å². The molecule has 0 aliphatic carbocycles. The van der Waals surface area contributed by atoms with E-state index in [-0.39, 0.29) is 18.3 Å². The van der Waals surface area contributed by atoms with Crippen molar-refractivity contribution in [1.82, 2.24) is 9.55 Å². The lowest BCUT2D eigenvalue weighted by Gasteiger charge is -2.37. The molecule has 1 aliphatic heterocycles. The molecular weight excluding hydrogens is 476 g/mol. The Morgan fingerprint density at radius 2 is 1.39 bits per heavy atom. The number of ether oxygens (including phenoxy) is 3. The van der Waals surface area contributed by atoms with Gasteiger partial charge in [-0.2, -0.15) is 0 Å². The van der Waals surface area contributed by atoms with Gasteiger partial charge in [-0.25, -0.2) is 4.98 Å². The molecule has 0 bridgehead atoms. The Bertz CT molecular complexity index is 1210. The van der Waals surface area contributed by atoms with Crippen molar-refractivity contribution in [3.63, 3.8) is 0 Å². The molecule has 196 valence electrons. The van der Waals surface area contributed by atoms with Gasteiger partial charge >= 0.3 is 5.97 Å². The molecule has 1 aromatic heterocycles. The predicted molar refractivity (Wildman–Crippen MR) is 146 cm³/mol. The summed E-state index contributed by atoms with van der Waals surface area (Å²) in [6, 6.07) is 31.4. The maximum Gasteiger partial charge on any atom is 0.306 e. The Hall–Kier alpha value is -3.74. The zero-order valence-corrected chi connectivity index (χ0v) is 22.0. The van der Waals surface area contributed by atoms with Crippen LogP contribution >= 0.6 is 0 Å². The third kappa shape index (κ3) is 5.57. The molecule has 2 heterocycles. The second kappa shape index (κ2) is 11.3. The van der Waals surface area contributed by atoms with Crippen LogP contribution < -0.4 is 0 Å². The Morgan fingerprint density at radius 3 is 1.89 bits per heavy atom. The smallest absolute Gasteiger partial charge is 0.306 e. The summed E-state index contributed by atoms with van der Waals surface area (Å²) in [5.74, 6) is -0.771. The van der Waals surface area contributed by atoms with Crippen LogP contribution in [0.4, 0.5) is 0 Å². The minimum absolute atomic E-state index is 0.0504. The van der Waals surface area contributed by atoms with Gasteiger partial charge in [0.2, 0.25) is 0 Å². The van der Waals surface area contributed by atoms with Crippen LogP contribution in [0.2, 0.25) is 0 Å². The Labute approximate surface area is 224 Å². The highest BCUT2D eigenvalue weighted by atomic mass is 16.7. The molecule has 0 radical (unpaired) electrons. The van der Waals surface area contributed by atoms with E-state index in [4.69, 9.17) is 19.2 Å². The van der Waals surface area contributed by atoms with E-state index in [1.165, 1.54) is 0 Å². The second-order valence-corrected chi connectivity index (χ2v) is 10.2. The van der Waals surface area contributed by atoms with Gasteiger partial charge in [0.15, 0.2) is 5.79 Å². The zero-order chi connectivity index (χ0) is 26.4. The largest absolute Gasteiger partial charge is 0.465 e. The standard InChI is InChI=1S/C32H34N2O4/c1-31(2)37-22-25(23-38-31)21-36-30(35)19-18-29-20-34(24-33-29)32(26-12-6-3-7-13-26,27-14-8-4-9-15-27)28-16-10-5-11-17-28/h3-17,20,24-25H,18-19,21-23H2,1-2H3. The molecule has 0 atom stereocenters. The Kier molecular flexibility index (Phi) is 7.72. The zero-order valence-electron chi connectivity index (χ0n) is 22.0. The van der Waals surface area contributed by atoms with Gasteiger partial charge in [0.1, 0.15) is 5.54 Å². The molecule has 1 fully saturated rings. The van der Waals surface area contributed by atoms with E-state index in [1.807, 2.05) is 44.6 Å². The summed E-state index contributed by atoms with van der Waals surface area (Å²) in [5.41, 5.74) is 3.59. The lowest BCUT2D eigenvalue weighted by atomic mass is 9.77. The first kappa shape index (κ1) is 25.9. The maximum atomic E-state index is 12.5. The summed E-state index contributed by atoms with van der Waals surface area (Å²) in [5, 5.41) is 0. The van der Waals surface area contributed by atoms with E-state index in [9.17, 15) is 4.79 Å². The minimum Gasteiger partial charge on any atom is -0.465 e. The van der Waals surface area contributed by atoms with Crippen LogP contribution in [0.15, 0.2) is 104 Å². The third-order valence-electron chi connectivity index (χ3n) is 7.00. The molecule has 6 heteroatoms. The molecule has 1 aliphatic rings. The van der Waals surface area contributed by atoms with Crippen molar-refractivity contribution in [1.29, 1.82) is 0 Å². The molecule has 5 rings (SSSR count). The van der Waals surface area contributed by atoms with Gasteiger partial charge in [0.25, 0.3) is 0 Å². The third-order valence-corrected chi connectivity index (χ3v) is 7.00. The highest BCUT2D eigenvalue weighted by Crippen LogP contribution is 2.40. The highest BCUT2D eigenvalue weighted by Gasteiger charge is 2.38. The van der Waals surface area contributed by atoms with Crippen molar-refractivity contribution in [3.05, 3.63) is 126 Å². The molecule has 3 aromatic carbocycles. The average molecular weight is 511 g/mol. The fourth-order valence-corrected chi connectivity index (χ4v) is 5.00. The van der Waals surface area contributed by atoms with Gasteiger partial charge in [0.05, 0.1) is 38.3 Å². The summed E-state index contributed by atoms with van der Waals surface area (Å²) in [6.07, 6.45) is 4.66. The summed E-state index contributed by atoms with van der Waals surface area (Å²) in [7, 11) is 0. The summed E-state index contributed by atoms with van der Waals surface area (Å²) in [6.45, 7) is 5.10. The van der Waals surface area contributed by atoms with Crippen LogP contribution in [-0.2, 0) is 31.0 Å². The van der Waals surface area contributed by atoms with Gasteiger partial charge < -0.3 is 18.8 Å². The number of aromatic nitrogens is 2. The van der Waals surface area contributed by atoms with E-state index < -0.39 is 11.3 Å². The van der Waals surface area contributed by atoms with Crippen LogP contribution in [-0.4, -0.2) is 41.1 Å². The number of nitrogens with zero attached hydrogens (tertiary/aromatic N) is 2. The van der Waals surface area contributed by atoms with E-state index in [0.717, 1.165) is 22.4 Å². The van der Waals surface area contributed by atoms with Crippen LogP contribution in [0.3, 0.4) is 0 Å². The first-order valence-electron chi connectivity index (χ1n) is 13.1. The van der Waals surface area contributed by atoms with Crippen LogP contribution in [0.25, 0.3) is 0 Å². The number of benzene rings is 3. The molecule has 0 saturated carbocycles. The van der Waals surface area contributed by atoms with Crippen molar-refractivity contribution in [2.75, 3.05) is 19.8 Å². The number of rotatable bonds is 9. The van der Waals surface area contributed by atoms with Crippen molar-refractivity contribution in [2.24, 2.45) is 5.92 Å².